The molecule has 0 aromatic carbocycles. The van der Waals surface area contributed by atoms with Gasteiger partial charge in [0.25, 0.3) is 0 Å². The van der Waals surface area contributed by atoms with Crippen molar-refractivity contribution in [3.63, 3.8) is 0 Å². The molecule has 1 aromatic rings. The van der Waals surface area contributed by atoms with Crippen molar-refractivity contribution in [2.45, 2.75) is 78.6 Å². The van der Waals surface area contributed by atoms with Gasteiger partial charge in [-0.1, -0.05) is 46.5 Å². The molecule has 0 N–H and O–H groups in total. The van der Waals surface area contributed by atoms with Crippen LogP contribution in [-0.2, 0) is 5.41 Å². The largest absolute Gasteiger partial charge is 0.258 e. The Morgan fingerprint density at radius 1 is 1.00 bits per heavy atom. The fourth-order valence-electron chi connectivity index (χ4n) is 2.65. The van der Waals surface area contributed by atoms with E-state index < -0.39 is 0 Å². The molecule has 1 aromatic heterocycles. The molecule has 0 aliphatic rings. The maximum Gasteiger partial charge on any atom is 0.0378 e. The maximum absolute atomic E-state index is 4.49. The molecule has 1 heterocycles. The van der Waals surface area contributed by atoms with Crippen molar-refractivity contribution in [3.8, 4) is 0 Å². The standard InChI is InChI=1S/C17H29N/c1-6-8-9-10-11-17(5,7-2)16-12-14(3)18-15(4)13-16/h12-13H,6-11H2,1-5H3. The molecule has 0 amide bonds. The van der Waals surface area contributed by atoms with Crippen molar-refractivity contribution in [1.29, 1.82) is 0 Å². The number of nitrogens with zero attached hydrogens (tertiary/aromatic N) is 1. The lowest BCUT2D eigenvalue weighted by Crippen LogP contribution is -2.21. The molecule has 1 rings (SSSR count). The molecule has 0 spiro atoms. The zero-order valence-corrected chi connectivity index (χ0v) is 12.8. The van der Waals surface area contributed by atoms with Gasteiger partial charge in [0.15, 0.2) is 0 Å². The summed E-state index contributed by atoms with van der Waals surface area (Å²) in [5.41, 5.74) is 4.11. The lowest BCUT2D eigenvalue weighted by molar-refractivity contribution is 0.395. The minimum absolute atomic E-state index is 0.326. The van der Waals surface area contributed by atoms with Crippen LogP contribution in [0.25, 0.3) is 0 Å². The van der Waals surface area contributed by atoms with Crippen LogP contribution in [0.5, 0.6) is 0 Å². The van der Waals surface area contributed by atoms with E-state index in [1.165, 1.54) is 44.1 Å². The molecule has 18 heavy (non-hydrogen) atoms. The van der Waals surface area contributed by atoms with E-state index in [-0.39, 0.29) is 0 Å². The van der Waals surface area contributed by atoms with E-state index in [4.69, 9.17) is 0 Å². The summed E-state index contributed by atoms with van der Waals surface area (Å²) >= 11 is 0. The average molecular weight is 247 g/mol. The second-order valence-corrected chi connectivity index (χ2v) is 5.86. The zero-order valence-electron chi connectivity index (χ0n) is 12.8. The third-order valence-electron chi connectivity index (χ3n) is 4.14. The Bertz CT molecular complexity index is 350. The first-order chi connectivity index (χ1) is 8.51. The Balaban J connectivity index is 2.78. The van der Waals surface area contributed by atoms with Crippen LogP contribution in [0.4, 0.5) is 0 Å². The summed E-state index contributed by atoms with van der Waals surface area (Å²) in [6, 6.07) is 4.55. The van der Waals surface area contributed by atoms with Crippen LogP contribution in [0.15, 0.2) is 12.1 Å². The van der Waals surface area contributed by atoms with Gasteiger partial charge in [0, 0.05) is 11.4 Å². The molecule has 1 unspecified atom stereocenters. The molecular weight excluding hydrogens is 218 g/mol. The first-order valence-corrected chi connectivity index (χ1v) is 7.47. The first kappa shape index (κ1) is 15.2. The smallest absolute Gasteiger partial charge is 0.0378 e. The number of unbranched alkanes of at least 4 members (excludes halogenated alkanes) is 3. The maximum atomic E-state index is 4.49. The zero-order chi connectivity index (χ0) is 13.6. The Morgan fingerprint density at radius 2 is 1.61 bits per heavy atom. The molecule has 102 valence electrons. The van der Waals surface area contributed by atoms with Crippen molar-refractivity contribution in [2.75, 3.05) is 0 Å². The molecule has 1 atom stereocenters. The lowest BCUT2D eigenvalue weighted by Gasteiger charge is -2.29. The van der Waals surface area contributed by atoms with E-state index in [0.29, 0.717) is 5.41 Å². The van der Waals surface area contributed by atoms with Crippen molar-refractivity contribution < 1.29 is 0 Å². The summed E-state index contributed by atoms with van der Waals surface area (Å²) in [6.07, 6.45) is 7.91. The van der Waals surface area contributed by atoms with Crippen molar-refractivity contribution in [1.82, 2.24) is 4.98 Å². The second kappa shape index (κ2) is 6.92. The quantitative estimate of drug-likeness (QED) is 0.593. The van der Waals surface area contributed by atoms with E-state index in [1.807, 2.05) is 0 Å². The molecule has 0 bridgehead atoms. The molecule has 0 fully saturated rings. The van der Waals surface area contributed by atoms with E-state index in [0.717, 1.165) is 11.4 Å². The van der Waals surface area contributed by atoms with Gasteiger partial charge in [0.1, 0.15) is 0 Å². The highest BCUT2D eigenvalue weighted by molar-refractivity contribution is 5.27. The van der Waals surface area contributed by atoms with Crippen LogP contribution in [-0.4, -0.2) is 4.98 Å². The number of hydrogen-bond donors (Lipinski definition) is 0. The number of rotatable bonds is 7. The van der Waals surface area contributed by atoms with Gasteiger partial charge in [-0.05, 0) is 49.8 Å². The first-order valence-electron chi connectivity index (χ1n) is 7.47. The fourth-order valence-corrected chi connectivity index (χ4v) is 2.65. The molecule has 0 radical (unpaired) electrons. The summed E-state index contributed by atoms with van der Waals surface area (Å²) in [4.78, 5) is 4.49. The summed E-state index contributed by atoms with van der Waals surface area (Å²) in [5, 5.41) is 0. The molecule has 1 heteroatoms. The van der Waals surface area contributed by atoms with Crippen LogP contribution in [0, 0.1) is 13.8 Å². The van der Waals surface area contributed by atoms with Crippen LogP contribution >= 0.6 is 0 Å². The minimum atomic E-state index is 0.326. The summed E-state index contributed by atoms with van der Waals surface area (Å²) in [6.45, 7) is 11.2. The van der Waals surface area contributed by atoms with E-state index in [1.54, 1.807) is 0 Å². The van der Waals surface area contributed by atoms with Crippen LogP contribution in [0.1, 0.15) is 76.2 Å². The summed E-state index contributed by atoms with van der Waals surface area (Å²) in [5.74, 6) is 0. The van der Waals surface area contributed by atoms with Gasteiger partial charge in [0.2, 0.25) is 0 Å². The second-order valence-electron chi connectivity index (χ2n) is 5.86. The van der Waals surface area contributed by atoms with E-state index in [9.17, 15) is 0 Å². The highest BCUT2D eigenvalue weighted by atomic mass is 14.7. The Kier molecular flexibility index (Phi) is 5.84. The highest BCUT2D eigenvalue weighted by Crippen LogP contribution is 2.33. The fraction of sp³-hybridized carbons (Fsp3) is 0.706. The molecule has 0 saturated carbocycles. The van der Waals surface area contributed by atoms with Gasteiger partial charge in [0.05, 0.1) is 0 Å². The average Bonchev–Trinajstić information content (AvgIpc) is 2.33. The Labute approximate surface area is 113 Å². The predicted octanol–water partition coefficient (Wildman–Crippen LogP) is 5.34. The number of aryl methyl sites for hydroxylation is 2. The SMILES string of the molecule is CCCCCCC(C)(CC)c1cc(C)nc(C)c1. The van der Waals surface area contributed by atoms with Gasteiger partial charge in [-0.15, -0.1) is 0 Å². The van der Waals surface area contributed by atoms with Gasteiger partial charge in [-0.3, -0.25) is 4.98 Å². The molecule has 0 aliphatic carbocycles. The van der Waals surface area contributed by atoms with Gasteiger partial charge in [-0.2, -0.15) is 0 Å². The van der Waals surface area contributed by atoms with E-state index >= 15 is 0 Å². The topological polar surface area (TPSA) is 12.9 Å². The van der Waals surface area contributed by atoms with E-state index in [2.05, 4.69) is 51.7 Å². The van der Waals surface area contributed by atoms with Crippen molar-refractivity contribution >= 4 is 0 Å². The predicted molar refractivity (Wildman–Crippen MR) is 80.1 cm³/mol. The monoisotopic (exact) mass is 247 g/mol. The van der Waals surface area contributed by atoms with Gasteiger partial charge >= 0.3 is 0 Å². The Hall–Kier alpha value is -0.850. The molecule has 1 nitrogen and oxygen atoms in total. The van der Waals surface area contributed by atoms with Gasteiger partial charge in [-0.25, -0.2) is 0 Å². The molecular formula is C17H29N. The third kappa shape index (κ3) is 4.12. The molecule has 0 aliphatic heterocycles. The lowest BCUT2D eigenvalue weighted by atomic mass is 9.76. The highest BCUT2D eigenvalue weighted by Gasteiger charge is 2.24. The van der Waals surface area contributed by atoms with Crippen LogP contribution in [0.3, 0.4) is 0 Å². The molecule has 0 saturated heterocycles. The normalized spacial score (nSPS) is 14.5. The van der Waals surface area contributed by atoms with Crippen LogP contribution in [0.2, 0.25) is 0 Å². The van der Waals surface area contributed by atoms with Crippen molar-refractivity contribution in [2.24, 2.45) is 0 Å². The van der Waals surface area contributed by atoms with Crippen molar-refractivity contribution in [3.05, 3.63) is 29.1 Å². The minimum Gasteiger partial charge on any atom is -0.258 e. The van der Waals surface area contributed by atoms with Gasteiger partial charge < -0.3 is 0 Å². The van der Waals surface area contributed by atoms with Crippen LogP contribution < -0.4 is 0 Å². The third-order valence-corrected chi connectivity index (χ3v) is 4.14. The number of pyridine rings is 1. The summed E-state index contributed by atoms with van der Waals surface area (Å²) in [7, 11) is 0. The number of hydrogen-bond acceptors (Lipinski definition) is 1. The number of aromatic nitrogens is 1. The summed E-state index contributed by atoms with van der Waals surface area (Å²) < 4.78 is 0. The Morgan fingerprint density at radius 3 is 2.11 bits per heavy atom.